The van der Waals surface area contributed by atoms with Crippen molar-refractivity contribution >= 4 is 0 Å². The number of hydrogen-bond acceptors (Lipinski definition) is 1. The van der Waals surface area contributed by atoms with E-state index in [1.807, 2.05) is 19.1 Å². The fourth-order valence-corrected chi connectivity index (χ4v) is 1.37. The van der Waals surface area contributed by atoms with E-state index in [9.17, 15) is 4.39 Å². The zero-order valence-corrected chi connectivity index (χ0v) is 9.39. The first-order valence-corrected chi connectivity index (χ1v) is 5.23. The van der Waals surface area contributed by atoms with Crippen molar-refractivity contribution in [2.45, 2.75) is 26.3 Å². The largest absolute Gasteiger partial charge is 0.310 e. The molecule has 0 radical (unpaired) electrons. The molecule has 1 rings (SSSR count). The average Bonchev–Trinajstić information content (AvgIpc) is 2.18. The van der Waals surface area contributed by atoms with Crippen molar-refractivity contribution in [3.63, 3.8) is 0 Å². The summed E-state index contributed by atoms with van der Waals surface area (Å²) in [6, 6.07) is 6.87. The first kappa shape index (κ1) is 11.9. The molecule has 0 heterocycles. The Bertz CT molecular complexity index is 316. The second-order valence-electron chi connectivity index (χ2n) is 3.93. The van der Waals surface area contributed by atoms with Crippen LogP contribution in [0.2, 0.25) is 0 Å². The Labute approximate surface area is 91.0 Å². The predicted molar refractivity (Wildman–Crippen MR) is 62.2 cm³/mol. The molecule has 0 spiro atoms. The van der Waals surface area contributed by atoms with Crippen LogP contribution in [-0.2, 0) is 0 Å². The molecule has 0 saturated carbocycles. The molecule has 0 aliphatic carbocycles. The normalized spacial score (nSPS) is 12.5. The van der Waals surface area contributed by atoms with E-state index in [2.05, 4.69) is 18.8 Å². The number of hydrogen-bond donors (Lipinski definition) is 1. The molecular weight excluding hydrogens is 189 g/mol. The predicted octanol–water partition coefficient (Wildman–Crippen LogP) is 3.44. The Morgan fingerprint density at radius 3 is 2.53 bits per heavy atom. The van der Waals surface area contributed by atoms with Crippen molar-refractivity contribution in [2.75, 3.05) is 6.54 Å². The van der Waals surface area contributed by atoms with E-state index >= 15 is 0 Å². The first-order valence-electron chi connectivity index (χ1n) is 5.23. The van der Waals surface area contributed by atoms with Gasteiger partial charge in [-0.15, -0.1) is 6.58 Å². The van der Waals surface area contributed by atoms with Gasteiger partial charge in [0.1, 0.15) is 5.82 Å². The zero-order valence-electron chi connectivity index (χ0n) is 9.39. The topological polar surface area (TPSA) is 12.0 Å². The number of benzene rings is 1. The maximum atomic E-state index is 12.7. The molecule has 2 heteroatoms. The lowest BCUT2D eigenvalue weighted by Gasteiger charge is -2.14. The van der Waals surface area contributed by atoms with Crippen LogP contribution in [0.25, 0.3) is 0 Å². The van der Waals surface area contributed by atoms with Gasteiger partial charge in [-0.05, 0) is 44.5 Å². The summed E-state index contributed by atoms with van der Waals surface area (Å²) in [6.07, 6.45) is 0.978. The summed E-state index contributed by atoms with van der Waals surface area (Å²) >= 11 is 0. The average molecular weight is 207 g/mol. The number of nitrogens with one attached hydrogen (secondary N) is 1. The van der Waals surface area contributed by atoms with Crippen LogP contribution in [0.5, 0.6) is 0 Å². The van der Waals surface area contributed by atoms with Gasteiger partial charge in [0.2, 0.25) is 0 Å². The van der Waals surface area contributed by atoms with Gasteiger partial charge < -0.3 is 5.32 Å². The van der Waals surface area contributed by atoms with E-state index in [-0.39, 0.29) is 11.9 Å². The standard InChI is InChI=1S/C13H18FN/c1-10(2)8-9-15-11(3)12-4-6-13(14)7-5-12/h4-7,11,15H,1,8-9H2,2-3H3. The smallest absolute Gasteiger partial charge is 0.123 e. The third kappa shape index (κ3) is 4.26. The minimum Gasteiger partial charge on any atom is -0.310 e. The monoisotopic (exact) mass is 207 g/mol. The lowest BCUT2D eigenvalue weighted by Crippen LogP contribution is -2.19. The molecule has 0 amide bonds. The molecule has 0 fully saturated rings. The van der Waals surface area contributed by atoms with E-state index in [4.69, 9.17) is 0 Å². The van der Waals surface area contributed by atoms with Crippen LogP contribution in [0.15, 0.2) is 36.4 Å². The maximum Gasteiger partial charge on any atom is 0.123 e. The van der Waals surface area contributed by atoms with Crippen LogP contribution in [0.1, 0.15) is 31.9 Å². The van der Waals surface area contributed by atoms with Crippen molar-refractivity contribution in [1.29, 1.82) is 0 Å². The van der Waals surface area contributed by atoms with Crippen molar-refractivity contribution < 1.29 is 4.39 Å². The molecule has 1 nitrogen and oxygen atoms in total. The number of rotatable bonds is 5. The van der Waals surface area contributed by atoms with Gasteiger partial charge in [0.05, 0.1) is 0 Å². The second-order valence-corrected chi connectivity index (χ2v) is 3.93. The third-order valence-corrected chi connectivity index (χ3v) is 2.37. The molecule has 0 bridgehead atoms. The van der Waals surface area contributed by atoms with E-state index < -0.39 is 0 Å². The highest BCUT2D eigenvalue weighted by atomic mass is 19.1. The van der Waals surface area contributed by atoms with Crippen LogP contribution in [0.3, 0.4) is 0 Å². The molecule has 15 heavy (non-hydrogen) atoms. The molecule has 1 aromatic rings. The molecule has 1 aromatic carbocycles. The highest BCUT2D eigenvalue weighted by molar-refractivity contribution is 5.19. The van der Waals surface area contributed by atoms with E-state index in [1.165, 1.54) is 17.7 Å². The van der Waals surface area contributed by atoms with Gasteiger partial charge in [0.25, 0.3) is 0 Å². The van der Waals surface area contributed by atoms with Gasteiger partial charge in [0.15, 0.2) is 0 Å². The molecular formula is C13H18FN. The van der Waals surface area contributed by atoms with Gasteiger partial charge in [-0.25, -0.2) is 4.39 Å². The minimum absolute atomic E-state index is 0.187. The highest BCUT2D eigenvalue weighted by Gasteiger charge is 2.03. The van der Waals surface area contributed by atoms with Crippen molar-refractivity contribution in [1.82, 2.24) is 5.32 Å². The Morgan fingerprint density at radius 2 is 2.00 bits per heavy atom. The Hall–Kier alpha value is -1.15. The van der Waals surface area contributed by atoms with Gasteiger partial charge in [0, 0.05) is 6.04 Å². The maximum absolute atomic E-state index is 12.7. The summed E-state index contributed by atoms with van der Waals surface area (Å²) in [5.74, 6) is -0.187. The minimum atomic E-state index is -0.187. The first-order chi connectivity index (χ1) is 7.09. The molecule has 82 valence electrons. The van der Waals surface area contributed by atoms with Crippen LogP contribution in [-0.4, -0.2) is 6.54 Å². The summed E-state index contributed by atoms with van der Waals surface area (Å²) in [6.45, 7) is 8.85. The van der Waals surface area contributed by atoms with Crippen LogP contribution < -0.4 is 5.32 Å². The van der Waals surface area contributed by atoms with Crippen molar-refractivity contribution in [3.8, 4) is 0 Å². The Balaban J connectivity index is 2.43. The van der Waals surface area contributed by atoms with Gasteiger partial charge in [-0.1, -0.05) is 17.7 Å². The lowest BCUT2D eigenvalue weighted by atomic mass is 10.1. The van der Waals surface area contributed by atoms with Gasteiger partial charge >= 0.3 is 0 Å². The second kappa shape index (κ2) is 5.66. The summed E-state index contributed by atoms with van der Waals surface area (Å²) in [5.41, 5.74) is 2.28. The quantitative estimate of drug-likeness (QED) is 0.729. The molecule has 0 saturated heterocycles. The molecule has 1 unspecified atom stereocenters. The lowest BCUT2D eigenvalue weighted by molar-refractivity contribution is 0.572. The summed E-state index contributed by atoms with van der Waals surface area (Å²) < 4.78 is 12.7. The van der Waals surface area contributed by atoms with Gasteiger partial charge in [-0.3, -0.25) is 0 Å². The van der Waals surface area contributed by atoms with E-state index in [1.54, 1.807) is 0 Å². The fraction of sp³-hybridized carbons (Fsp3) is 0.385. The summed E-state index contributed by atoms with van der Waals surface area (Å²) in [4.78, 5) is 0. The molecule has 0 aromatic heterocycles. The molecule has 1 atom stereocenters. The van der Waals surface area contributed by atoms with Crippen LogP contribution in [0.4, 0.5) is 4.39 Å². The Kier molecular flexibility index (Phi) is 4.50. The van der Waals surface area contributed by atoms with Gasteiger partial charge in [-0.2, -0.15) is 0 Å². The van der Waals surface area contributed by atoms with Crippen molar-refractivity contribution in [2.24, 2.45) is 0 Å². The fourth-order valence-electron chi connectivity index (χ4n) is 1.37. The number of halogens is 1. The van der Waals surface area contributed by atoms with Crippen LogP contribution >= 0.6 is 0 Å². The third-order valence-electron chi connectivity index (χ3n) is 2.37. The van der Waals surface area contributed by atoms with E-state index in [0.29, 0.717) is 0 Å². The van der Waals surface area contributed by atoms with Crippen LogP contribution in [0, 0.1) is 5.82 Å². The summed E-state index contributed by atoms with van der Waals surface area (Å²) in [5, 5.41) is 3.37. The van der Waals surface area contributed by atoms with Crippen molar-refractivity contribution in [3.05, 3.63) is 47.8 Å². The molecule has 0 aliphatic rings. The zero-order chi connectivity index (χ0) is 11.3. The molecule has 0 aliphatic heterocycles. The molecule has 1 N–H and O–H groups in total. The highest BCUT2D eigenvalue weighted by Crippen LogP contribution is 2.12. The Morgan fingerprint density at radius 1 is 1.40 bits per heavy atom. The van der Waals surface area contributed by atoms with E-state index in [0.717, 1.165) is 18.5 Å². The SMILES string of the molecule is C=C(C)CCNC(C)c1ccc(F)cc1. The summed E-state index contributed by atoms with van der Waals surface area (Å²) in [7, 11) is 0.